The molecule has 4 nitrogen and oxygen atoms in total. The molecular formula is C6H11N3OS. The van der Waals surface area contributed by atoms with E-state index in [2.05, 4.69) is 4.37 Å². The maximum atomic E-state index is 5.54. The minimum absolute atomic E-state index is 0.0796. The van der Waals surface area contributed by atoms with Crippen LogP contribution in [0.15, 0.2) is 0 Å². The molecule has 0 spiro atoms. The van der Waals surface area contributed by atoms with Crippen molar-refractivity contribution in [2.24, 2.45) is 0 Å². The number of rotatable bonds is 2. The zero-order valence-corrected chi connectivity index (χ0v) is 7.31. The summed E-state index contributed by atoms with van der Waals surface area (Å²) in [6.45, 7) is 3.83. The lowest BCUT2D eigenvalue weighted by Gasteiger charge is -2.07. The second-order valence-corrected chi connectivity index (χ2v) is 3.23. The third-order valence-corrected chi connectivity index (χ3v) is 1.72. The molecule has 0 unspecified atom stereocenters. The molecule has 0 bridgehead atoms. The van der Waals surface area contributed by atoms with Crippen molar-refractivity contribution in [3.8, 4) is 5.75 Å². The minimum atomic E-state index is 0.0796. The standard InChI is InChI=1S/C6H11N3OS/c1-3(2)10-4-5(7)9-11-6(4)8/h3H,8H2,1-2H3,(H2,7,9). The van der Waals surface area contributed by atoms with E-state index in [-0.39, 0.29) is 6.10 Å². The van der Waals surface area contributed by atoms with Crippen LogP contribution in [0.4, 0.5) is 10.8 Å². The zero-order valence-electron chi connectivity index (χ0n) is 6.50. The van der Waals surface area contributed by atoms with Gasteiger partial charge in [0.2, 0.25) is 0 Å². The van der Waals surface area contributed by atoms with Gasteiger partial charge in [-0.05, 0) is 25.4 Å². The minimum Gasteiger partial charge on any atom is -0.484 e. The van der Waals surface area contributed by atoms with Crippen molar-refractivity contribution in [2.45, 2.75) is 20.0 Å². The summed E-state index contributed by atoms with van der Waals surface area (Å²) in [5, 5.41) is 0.538. The van der Waals surface area contributed by atoms with Gasteiger partial charge in [0.05, 0.1) is 6.10 Å². The summed E-state index contributed by atoms with van der Waals surface area (Å²) in [5.74, 6) is 0.895. The molecule has 0 aliphatic carbocycles. The Bertz CT molecular complexity index is 226. The smallest absolute Gasteiger partial charge is 0.197 e. The Morgan fingerprint density at radius 1 is 1.45 bits per heavy atom. The van der Waals surface area contributed by atoms with Crippen molar-refractivity contribution in [1.29, 1.82) is 0 Å². The lowest BCUT2D eigenvalue weighted by Crippen LogP contribution is -2.07. The summed E-state index contributed by atoms with van der Waals surface area (Å²) in [5.41, 5.74) is 11.0. The van der Waals surface area contributed by atoms with Crippen LogP contribution in [0.3, 0.4) is 0 Å². The molecule has 0 atom stereocenters. The molecule has 62 valence electrons. The predicted octanol–water partition coefficient (Wildman–Crippen LogP) is 1.09. The Kier molecular flexibility index (Phi) is 2.19. The topological polar surface area (TPSA) is 74.2 Å². The molecule has 0 saturated carbocycles. The highest BCUT2D eigenvalue weighted by Crippen LogP contribution is 2.32. The van der Waals surface area contributed by atoms with E-state index in [4.69, 9.17) is 16.2 Å². The Morgan fingerprint density at radius 3 is 2.45 bits per heavy atom. The second-order valence-electron chi connectivity index (χ2n) is 2.43. The monoisotopic (exact) mass is 173 g/mol. The van der Waals surface area contributed by atoms with Gasteiger partial charge < -0.3 is 16.2 Å². The SMILES string of the molecule is CC(C)Oc1c(N)nsc1N. The van der Waals surface area contributed by atoms with E-state index in [1.54, 1.807) is 0 Å². The van der Waals surface area contributed by atoms with Gasteiger partial charge in [-0.3, -0.25) is 0 Å². The molecule has 4 N–H and O–H groups in total. The van der Waals surface area contributed by atoms with E-state index in [1.807, 2.05) is 13.8 Å². The van der Waals surface area contributed by atoms with Crippen LogP contribution < -0.4 is 16.2 Å². The van der Waals surface area contributed by atoms with Gasteiger partial charge in [-0.2, -0.15) is 4.37 Å². The third kappa shape index (κ3) is 1.74. The van der Waals surface area contributed by atoms with Crippen molar-refractivity contribution in [3.63, 3.8) is 0 Å². The largest absolute Gasteiger partial charge is 0.484 e. The van der Waals surface area contributed by atoms with Crippen molar-refractivity contribution in [3.05, 3.63) is 0 Å². The summed E-state index contributed by atoms with van der Waals surface area (Å²) < 4.78 is 9.15. The molecular weight excluding hydrogens is 162 g/mol. The fraction of sp³-hybridized carbons (Fsp3) is 0.500. The number of nitrogen functional groups attached to an aromatic ring is 2. The van der Waals surface area contributed by atoms with E-state index in [1.165, 1.54) is 0 Å². The molecule has 1 heterocycles. The van der Waals surface area contributed by atoms with Crippen molar-refractivity contribution in [2.75, 3.05) is 11.5 Å². The number of hydrogen-bond donors (Lipinski definition) is 2. The first-order valence-electron chi connectivity index (χ1n) is 3.28. The molecule has 0 aliphatic heterocycles. The molecule has 5 heteroatoms. The summed E-state index contributed by atoms with van der Waals surface area (Å²) in [6.07, 6.45) is 0.0796. The van der Waals surface area contributed by atoms with Crippen LogP contribution in [0.25, 0.3) is 0 Å². The third-order valence-electron chi connectivity index (χ3n) is 1.05. The van der Waals surface area contributed by atoms with Crippen LogP contribution in [0.5, 0.6) is 5.75 Å². The van der Waals surface area contributed by atoms with Crippen LogP contribution in [0, 0.1) is 0 Å². The summed E-state index contributed by atoms with van der Waals surface area (Å²) in [4.78, 5) is 0. The van der Waals surface area contributed by atoms with Crippen LogP contribution in [0.2, 0.25) is 0 Å². The number of ether oxygens (including phenoxy) is 1. The summed E-state index contributed by atoms with van der Waals surface area (Å²) in [6, 6.07) is 0. The van der Waals surface area contributed by atoms with E-state index in [9.17, 15) is 0 Å². The van der Waals surface area contributed by atoms with Crippen LogP contribution in [0.1, 0.15) is 13.8 Å². The highest BCUT2D eigenvalue weighted by molar-refractivity contribution is 7.10. The molecule has 1 rings (SSSR count). The number of nitrogens with two attached hydrogens (primary N) is 2. The fourth-order valence-corrected chi connectivity index (χ4v) is 1.18. The van der Waals surface area contributed by atoms with E-state index >= 15 is 0 Å². The molecule has 11 heavy (non-hydrogen) atoms. The number of aromatic nitrogens is 1. The van der Waals surface area contributed by atoms with Gasteiger partial charge in [-0.1, -0.05) is 0 Å². The van der Waals surface area contributed by atoms with Crippen LogP contribution >= 0.6 is 11.5 Å². The zero-order chi connectivity index (χ0) is 8.43. The number of nitrogens with zero attached hydrogens (tertiary/aromatic N) is 1. The molecule has 0 saturated heterocycles. The average molecular weight is 173 g/mol. The van der Waals surface area contributed by atoms with Gasteiger partial charge in [-0.25, -0.2) is 0 Å². The first kappa shape index (κ1) is 8.13. The van der Waals surface area contributed by atoms with Gasteiger partial charge in [0.15, 0.2) is 16.6 Å². The summed E-state index contributed by atoms with van der Waals surface area (Å²) in [7, 11) is 0. The number of hydrogen-bond acceptors (Lipinski definition) is 5. The van der Waals surface area contributed by atoms with Crippen LogP contribution in [-0.2, 0) is 0 Å². The fourth-order valence-electron chi connectivity index (χ4n) is 0.662. The van der Waals surface area contributed by atoms with Crippen molar-refractivity contribution in [1.82, 2.24) is 4.37 Å². The Labute approximate surface area is 69.3 Å². The second kappa shape index (κ2) is 2.96. The van der Waals surface area contributed by atoms with Gasteiger partial charge in [-0.15, -0.1) is 0 Å². The van der Waals surface area contributed by atoms with Crippen molar-refractivity contribution >= 4 is 22.4 Å². The predicted molar refractivity (Wildman–Crippen MR) is 46.7 cm³/mol. The van der Waals surface area contributed by atoms with E-state index < -0.39 is 0 Å². The molecule has 0 radical (unpaired) electrons. The molecule has 0 amide bonds. The lowest BCUT2D eigenvalue weighted by atomic mass is 10.4. The Hall–Kier alpha value is -0.970. The molecule has 0 fully saturated rings. The maximum absolute atomic E-state index is 5.54. The highest BCUT2D eigenvalue weighted by Gasteiger charge is 2.10. The quantitative estimate of drug-likeness (QED) is 0.702. The van der Waals surface area contributed by atoms with Gasteiger partial charge >= 0.3 is 0 Å². The lowest BCUT2D eigenvalue weighted by molar-refractivity contribution is 0.245. The first-order chi connectivity index (χ1) is 5.11. The molecule has 0 aliphatic rings. The van der Waals surface area contributed by atoms with Crippen molar-refractivity contribution < 1.29 is 4.74 Å². The molecule has 0 aromatic carbocycles. The van der Waals surface area contributed by atoms with Gasteiger partial charge in [0.25, 0.3) is 0 Å². The number of anilines is 2. The van der Waals surface area contributed by atoms with Gasteiger partial charge in [0, 0.05) is 0 Å². The summed E-state index contributed by atoms with van der Waals surface area (Å²) >= 11 is 1.15. The average Bonchev–Trinajstić information content (AvgIpc) is 2.18. The maximum Gasteiger partial charge on any atom is 0.197 e. The van der Waals surface area contributed by atoms with Gasteiger partial charge in [0.1, 0.15) is 0 Å². The molecule has 1 aromatic heterocycles. The normalized spacial score (nSPS) is 10.5. The Morgan fingerprint density at radius 2 is 2.09 bits per heavy atom. The van der Waals surface area contributed by atoms with Crippen LogP contribution in [-0.4, -0.2) is 10.5 Å². The van der Waals surface area contributed by atoms with E-state index in [0.717, 1.165) is 11.5 Å². The van der Waals surface area contributed by atoms with E-state index in [0.29, 0.717) is 16.6 Å². The molecule has 1 aromatic rings. The Balaban J connectivity index is 2.83. The highest BCUT2D eigenvalue weighted by atomic mass is 32.1. The first-order valence-corrected chi connectivity index (χ1v) is 4.06.